The van der Waals surface area contributed by atoms with E-state index < -0.39 is 30.1 Å². The maximum atomic E-state index is 14.9. The standard InChI is InChI=1S/C19H17ClF3N7O/c1-11-2-3-13(16(15(11)21)30-27-5-6-28-30)17(31)29-7-4-19(22,23)14(29)10-26-18-24-8-12(20)9-25-18/h2-3,5-6,8-9,14H,4,7,10H2,1H3,(H,24,25,26). The van der Waals surface area contributed by atoms with E-state index in [1.165, 1.54) is 43.8 Å². The molecular weight excluding hydrogens is 435 g/mol. The van der Waals surface area contributed by atoms with E-state index in [4.69, 9.17) is 11.6 Å². The van der Waals surface area contributed by atoms with Gasteiger partial charge < -0.3 is 10.2 Å². The summed E-state index contributed by atoms with van der Waals surface area (Å²) in [7, 11) is 0. The van der Waals surface area contributed by atoms with E-state index in [1.807, 2.05) is 0 Å². The van der Waals surface area contributed by atoms with Crippen molar-refractivity contribution in [3.8, 4) is 5.69 Å². The average molecular weight is 452 g/mol. The Morgan fingerprint density at radius 2 is 1.94 bits per heavy atom. The lowest BCUT2D eigenvalue weighted by molar-refractivity contribution is -0.0249. The summed E-state index contributed by atoms with van der Waals surface area (Å²) in [6, 6.07) is 1.32. The monoisotopic (exact) mass is 451 g/mol. The zero-order valence-electron chi connectivity index (χ0n) is 16.3. The van der Waals surface area contributed by atoms with Crippen molar-refractivity contribution in [2.75, 3.05) is 18.4 Å². The van der Waals surface area contributed by atoms with Crippen LogP contribution in [0.3, 0.4) is 0 Å². The number of rotatable bonds is 5. The molecule has 1 fully saturated rings. The van der Waals surface area contributed by atoms with E-state index in [2.05, 4.69) is 25.5 Å². The van der Waals surface area contributed by atoms with Gasteiger partial charge in [0, 0.05) is 19.5 Å². The van der Waals surface area contributed by atoms with Gasteiger partial charge in [-0.1, -0.05) is 17.7 Å². The number of nitrogens with one attached hydrogen (secondary N) is 1. The highest BCUT2D eigenvalue weighted by atomic mass is 35.5. The Bertz CT molecular complexity index is 1090. The van der Waals surface area contributed by atoms with Crippen LogP contribution < -0.4 is 5.32 Å². The molecule has 2 aromatic heterocycles. The van der Waals surface area contributed by atoms with Crippen LogP contribution in [0.5, 0.6) is 0 Å². The van der Waals surface area contributed by atoms with Crippen LogP contribution in [0.25, 0.3) is 5.69 Å². The quantitative estimate of drug-likeness (QED) is 0.641. The molecule has 12 heteroatoms. The highest BCUT2D eigenvalue weighted by Gasteiger charge is 2.51. The van der Waals surface area contributed by atoms with Gasteiger partial charge in [0.1, 0.15) is 11.7 Å². The molecule has 0 spiro atoms. The molecule has 162 valence electrons. The van der Waals surface area contributed by atoms with Crippen LogP contribution in [0.2, 0.25) is 5.02 Å². The van der Waals surface area contributed by atoms with Gasteiger partial charge in [-0.05, 0) is 18.6 Å². The van der Waals surface area contributed by atoms with Crippen molar-refractivity contribution >= 4 is 23.5 Å². The Labute approximate surface area is 180 Å². The lowest BCUT2D eigenvalue weighted by Crippen LogP contribution is -2.47. The third-order valence-corrected chi connectivity index (χ3v) is 5.24. The van der Waals surface area contributed by atoms with Gasteiger partial charge in [-0.3, -0.25) is 4.79 Å². The predicted octanol–water partition coefficient (Wildman–Crippen LogP) is 3.12. The number of carbonyl (C=O) groups excluding carboxylic acids is 1. The minimum absolute atomic E-state index is 0.0994. The Hall–Kier alpha value is -3.21. The van der Waals surface area contributed by atoms with Gasteiger partial charge in [-0.15, -0.1) is 4.80 Å². The van der Waals surface area contributed by atoms with Crippen LogP contribution in [0.15, 0.2) is 36.9 Å². The number of amides is 1. The van der Waals surface area contributed by atoms with E-state index in [-0.39, 0.29) is 35.9 Å². The van der Waals surface area contributed by atoms with Crippen molar-refractivity contribution < 1.29 is 18.0 Å². The van der Waals surface area contributed by atoms with Crippen LogP contribution >= 0.6 is 11.6 Å². The summed E-state index contributed by atoms with van der Waals surface area (Å²) in [5.41, 5.74) is -0.0172. The largest absolute Gasteiger partial charge is 0.352 e. The number of nitrogens with zero attached hydrogens (tertiary/aromatic N) is 6. The first-order valence-electron chi connectivity index (χ1n) is 9.34. The fourth-order valence-electron chi connectivity index (χ4n) is 3.43. The first kappa shape index (κ1) is 21.0. The topological polar surface area (TPSA) is 88.8 Å². The van der Waals surface area contributed by atoms with E-state index in [1.54, 1.807) is 0 Å². The number of anilines is 1. The summed E-state index contributed by atoms with van der Waals surface area (Å²) in [6.45, 7) is 1.03. The molecule has 1 aliphatic rings. The Balaban J connectivity index is 1.64. The number of aromatic nitrogens is 5. The second-order valence-corrected chi connectivity index (χ2v) is 7.48. The van der Waals surface area contributed by atoms with Crippen LogP contribution in [0.1, 0.15) is 22.3 Å². The molecule has 8 nitrogen and oxygen atoms in total. The Kier molecular flexibility index (Phi) is 5.52. The molecule has 1 amide bonds. The van der Waals surface area contributed by atoms with Gasteiger partial charge in [0.05, 0.1) is 35.4 Å². The molecule has 1 saturated heterocycles. The second-order valence-electron chi connectivity index (χ2n) is 7.04. The Morgan fingerprint density at radius 3 is 2.61 bits per heavy atom. The molecule has 4 rings (SSSR count). The molecule has 31 heavy (non-hydrogen) atoms. The minimum atomic E-state index is -3.15. The molecular formula is C19H17ClF3N7O. The number of alkyl halides is 2. The van der Waals surface area contributed by atoms with E-state index >= 15 is 0 Å². The fourth-order valence-corrected chi connectivity index (χ4v) is 3.53. The molecule has 1 aliphatic heterocycles. The first-order valence-corrected chi connectivity index (χ1v) is 9.72. The molecule has 0 bridgehead atoms. The van der Waals surface area contributed by atoms with Crippen molar-refractivity contribution in [1.29, 1.82) is 0 Å². The number of likely N-dealkylation sites (tertiary alicyclic amines) is 1. The number of aryl methyl sites for hydroxylation is 1. The zero-order valence-corrected chi connectivity index (χ0v) is 17.0. The van der Waals surface area contributed by atoms with Crippen molar-refractivity contribution in [3.05, 3.63) is 58.9 Å². The molecule has 3 aromatic rings. The molecule has 0 saturated carbocycles. The maximum absolute atomic E-state index is 14.9. The number of hydrogen-bond donors (Lipinski definition) is 1. The summed E-state index contributed by atoms with van der Waals surface area (Å²) in [5, 5.41) is 10.8. The summed E-state index contributed by atoms with van der Waals surface area (Å²) in [6.07, 6.45) is 4.80. The van der Waals surface area contributed by atoms with Gasteiger partial charge in [-0.2, -0.15) is 10.2 Å². The summed E-state index contributed by atoms with van der Waals surface area (Å²) < 4.78 is 44.1. The fraction of sp³-hybridized carbons (Fsp3) is 0.316. The third kappa shape index (κ3) is 4.05. The molecule has 1 N–H and O–H groups in total. The van der Waals surface area contributed by atoms with Gasteiger partial charge in [0.2, 0.25) is 5.95 Å². The molecule has 1 atom stereocenters. The summed E-state index contributed by atoms with van der Waals surface area (Å²) in [4.78, 5) is 23.1. The predicted molar refractivity (Wildman–Crippen MR) is 106 cm³/mol. The molecule has 3 heterocycles. The number of halogens is 4. The smallest absolute Gasteiger partial charge is 0.271 e. The van der Waals surface area contributed by atoms with Crippen LogP contribution in [-0.2, 0) is 0 Å². The highest BCUT2D eigenvalue weighted by molar-refractivity contribution is 6.30. The van der Waals surface area contributed by atoms with Crippen molar-refractivity contribution in [3.63, 3.8) is 0 Å². The first-order chi connectivity index (χ1) is 14.8. The van der Waals surface area contributed by atoms with Gasteiger partial charge in [0.25, 0.3) is 11.8 Å². The van der Waals surface area contributed by atoms with Crippen LogP contribution in [0, 0.1) is 12.7 Å². The van der Waals surface area contributed by atoms with Crippen molar-refractivity contribution in [1.82, 2.24) is 29.9 Å². The van der Waals surface area contributed by atoms with Crippen molar-refractivity contribution in [2.45, 2.75) is 25.3 Å². The van der Waals surface area contributed by atoms with Crippen molar-refractivity contribution in [2.24, 2.45) is 0 Å². The van der Waals surface area contributed by atoms with E-state index in [0.717, 1.165) is 9.70 Å². The molecule has 1 aromatic carbocycles. The minimum Gasteiger partial charge on any atom is -0.352 e. The SMILES string of the molecule is Cc1ccc(C(=O)N2CCC(F)(F)C2CNc2ncc(Cl)cn2)c(-n2nccn2)c1F. The Morgan fingerprint density at radius 1 is 1.26 bits per heavy atom. The number of benzene rings is 1. The highest BCUT2D eigenvalue weighted by Crippen LogP contribution is 2.36. The van der Waals surface area contributed by atoms with Gasteiger partial charge in [-0.25, -0.2) is 23.1 Å². The van der Waals surface area contributed by atoms with Gasteiger partial charge in [0.15, 0.2) is 5.82 Å². The molecule has 0 aliphatic carbocycles. The third-order valence-electron chi connectivity index (χ3n) is 5.04. The van der Waals surface area contributed by atoms with E-state index in [9.17, 15) is 18.0 Å². The summed E-state index contributed by atoms with van der Waals surface area (Å²) >= 11 is 5.73. The number of carbonyl (C=O) groups is 1. The normalized spacial score (nSPS) is 17.7. The van der Waals surface area contributed by atoms with Crippen LogP contribution in [0.4, 0.5) is 19.1 Å². The second kappa shape index (κ2) is 8.14. The lowest BCUT2D eigenvalue weighted by Gasteiger charge is -2.28. The van der Waals surface area contributed by atoms with Gasteiger partial charge >= 0.3 is 0 Å². The lowest BCUT2D eigenvalue weighted by atomic mass is 10.1. The number of hydrogen-bond acceptors (Lipinski definition) is 6. The van der Waals surface area contributed by atoms with Crippen LogP contribution in [-0.4, -0.2) is 60.8 Å². The molecule has 1 unspecified atom stereocenters. The average Bonchev–Trinajstić information content (AvgIpc) is 3.37. The zero-order chi connectivity index (χ0) is 22.2. The summed E-state index contributed by atoms with van der Waals surface area (Å²) in [5.74, 6) is -4.49. The molecule has 0 radical (unpaired) electrons. The maximum Gasteiger partial charge on any atom is 0.271 e. The van der Waals surface area contributed by atoms with E-state index in [0.29, 0.717) is 5.02 Å².